The number of hydrazone groups is 1. The summed E-state index contributed by atoms with van der Waals surface area (Å²) < 4.78 is 24.3. The van der Waals surface area contributed by atoms with E-state index in [0.717, 1.165) is 5.71 Å². The van der Waals surface area contributed by atoms with E-state index >= 15 is 0 Å². The summed E-state index contributed by atoms with van der Waals surface area (Å²) in [4.78, 5) is 0. The van der Waals surface area contributed by atoms with Crippen LogP contribution in [0, 0.1) is 0 Å². The molecule has 0 aliphatic carbocycles. The average molecular weight is 361 g/mol. The molecule has 2 heterocycles. The van der Waals surface area contributed by atoms with Crippen LogP contribution < -0.4 is 5.43 Å². The second-order valence-electron chi connectivity index (χ2n) is 4.49. The van der Waals surface area contributed by atoms with Crippen LogP contribution >= 0.6 is 34.5 Å². The number of hydrogen-bond donors (Lipinski definition) is 1. The second-order valence-corrected chi connectivity index (χ2v) is 8.52. The molecule has 1 N–H and O–H groups in total. The van der Waals surface area contributed by atoms with Crippen molar-refractivity contribution < 1.29 is 8.42 Å². The zero-order chi connectivity index (χ0) is 15.0. The van der Waals surface area contributed by atoms with Crippen LogP contribution in [0.25, 0.3) is 0 Å². The lowest BCUT2D eigenvalue weighted by atomic mass is 10.1. The lowest BCUT2D eigenvalue weighted by molar-refractivity contribution is 0.597. The third-order valence-electron chi connectivity index (χ3n) is 3.07. The summed E-state index contributed by atoms with van der Waals surface area (Å²) in [5.41, 5.74) is 5.00. The topological polar surface area (TPSA) is 58.5 Å². The van der Waals surface area contributed by atoms with E-state index in [9.17, 15) is 8.42 Å². The molecule has 1 aromatic heterocycles. The number of sulfone groups is 1. The summed E-state index contributed by atoms with van der Waals surface area (Å²) in [6.07, 6.45) is 0.389. The number of nitrogens with one attached hydrogen (secondary N) is 1. The summed E-state index contributed by atoms with van der Waals surface area (Å²) in [5.74, 6) is 0.0857. The third kappa shape index (κ3) is 2.94. The number of rotatable bonds is 2. The van der Waals surface area contributed by atoms with Gasteiger partial charge >= 0.3 is 0 Å². The maximum atomic E-state index is 11.9. The molecule has 2 aromatic rings. The van der Waals surface area contributed by atoms with Gasteiger partial charge in [0.25, 0.3) is 0 Å². The van der Waals surface area contributed by atoms with Crippen LogP contribution in [-0.2, 0) is 9.84 Å². The Morgan fingerprint density at radius 3 is 2.76 bits per heavy atom. The molecule has 0 atom stereocenters. The van der Waals surface area contributed by atoms with Crippen molar-refractivity contribution >= 4 is 55.8 Å². The van der Waals surface area contributed by atoms with Gasteiger partial charge in [0.15, 0.2) is 9.84 Å². The van der Waals surface area contributed by atoms with Gasteiger partial charge in [0.2, 0.25) is 0 Å². The highest BCUT2D eigenvalue weighted by Gasteiger charge is 2.29. The largest absolute Gasteiger partial charge is 0.278 e. The van der Waals surface area contributed by atoms with E-state index in [-0.39, 0.29) is 5.75 Å². The van der Waals surface area contributed by atoms with Crippen molar-refractivity contribution in [3.8, 4) is 0 Å². The Morgan fingerprint density at radius 1 is 1.19 bits per heavy atom. The molecule has 21 heavy (non-hydrogen) atoms. The Morgan fingerprint density at radius 2 is 2.00 bits per heavy atom. The van der Waals surface area contributed by atoms with E-state index < -0.39 is 9.84 Å². The average Bonchev–Trinajstić information content (AvgIpc) is 2.93. The fourth-order valence-corrected chi connectivity index (χ4v) is 5.13. The van der Waals surface area contributed by atoms with Crippen molar-refractivity contribution in [2.24, 2.45) is 5.10 Å². The fraction of sp³-hybridized carbons (Fsp3) is 0.154. The number of hydrogen-bond acceptors (Lipinski definition) is 5. The first-order valence-corrected chi connectivity index (χ1v) is 9.34. The number of anilines is 1. The molecule has 1 aromatic carbocycles. The molecule has 0 saturated heterocycles. The molecule has 110 valence electrons. The van der Waals surface area contributed by atoms with Gasteiger partial charge in [0, 0.05) is 12.0 Å². The van der Waals surface area contributed by atoms with Gasteiger partial charge in [-0.25, -0.2) is 8.42 Å². The van der Waals surface area contributed by atoms with Crippen LogP contribution in [0.5, 0.6) is 0 Å². The lowest BCUT2D eigenvalue weighted by Crippen LogP contribution is -2.20. The summed E-state index contributed by atoms with van der Waals surface area (Å²) in [6.45, 7) is 0. The molecule has 0 amide bonds. The molecule has 4 nitrogen and oxygen atoms in total. The molecule has 0 radical (unpaired) electrons. The van der Waals surface area contributed by atoms with Gasteiger partial charge in [0.1, 0.15) is 4.21 Å². The summed E-state index contributed by atoms with van der Waals surface area (Å²) >= 11 is 13.0. The standard InChI is InChI=1S/C13H10Cl2N2O2S2/c14-10-2-1-8(7-11(10)15)16-17-12-4-6-21(18,19)13-9(12)3-5-20-13/h1-3,5,7,16H,4,6H2/b17-12+. The zero-order valence-corrected chi connectivity index (χ0v) is 13.8. The smallest absolute Gasteiger partial charge is 0.188 e. The molecule has 0 spiro atoms. The minimum absolute atomic E-state index is 0.0857. The van der Waals surface area contributed by atoms with Crippen molar-refractivity contribution in [2.45, 2.75) is 10.6 Å². The summed E-state index contributed by atoms with van der Waals surface area (Å²) in [5, 5.41) is 6.98. The van der Waals surface area contributed by atoms with E-state index in [1.165, 1.54) is 11.3 Å². The molecule has 0 bridgehead atoms. The van der Waals surface area contributed by atoms with E-state index in [2.05, 4.69) is 10.5 Å². The lowest BCUT2D eigenvalue weighted by Gasteiger charge is -2.14. The van der Waals surface area contributed by atoms with Gasteiger partial charge in [0.05, 0.1) is 27.2 Å². The first-order chi connectivity index (χ1) is 9.97. The van der Waals surface area contributed by atoms with Crippen molar-refractivity contribution in [3.63, 3.8) is 0 Å². The Kier molecular flexibility index (Phi) is 3.96. The number of nitrogens with zero attached hydrogens (tertiary/aromatic N) is 1. The second kappa shape index (κ2) is 5.61. The highest BCUT2D eigenvalue weighted by Crippen LogP contribution is 2.30. The molecular weight excluding hydrogens is 351 g/mol. The van der Waals surface area contributed by atoms with Crippen LogP contribution in [0.1, 0.15) is 12.0 Å². The van der Waals surface area contributed by atoms with Crippen molar-refractivity contribution in [2.75, 3.05) is 11.2 Å². The van der Waals surface area contributed by atoms with Crippen LogP contribution in [0.15, 0.2) is 39.0 Å². The minimum atomic E-state index is -3.16. The van der Waals surface area contributed by atoms with Gasteiger partial charge in [-0.2, -0.15) is 5.10 Å². The molecule has 0 fully saturated rings. The highest BCUT2D eigenvalue weighted by atomic mass is 35.5. The number of benzene rings is 1. The molecule has 3 rings (SSSR count). The van der Waals surface area contributed by atoms with Gasteiger partial charge in [-0.3, -0.25) is 5.43 Å². The van der Waals surface area contributed by atoms with E-state index in [1.54, 1.807) is 29.6 Å². The van der Waals surface area contributed by atoms with Crippen molar-refractivity contribution in [1.29, 1.82) is 0 Å². The number of thiophene rings is 1. The van der Waals surface area contributed by atoms with Crippen LogP contribution in [0.4, 0.5) is 5.69 Å². The predicted molar refractivity (Wildman–Crippen MR) is 87.6 cm³/mol. The van der Waals surface area contributed by atoms with Crippen molar-refractivity contribution in [1.82, 2.24) is 0 Å². The fourth-order valence-electron chi connectivity index (χ4n) is 2.02. The van der Waals surface area contributed by atoms with E-state index in [4.69, 9.17) is 23.2 Å². The van der Waals surface area contributed by atoms with Crippen LogP contribution in [0.2, 0.25) is 10.0 Å². The Bertz CT molecular complexity index is 828. The SMILES string of the molecule is O=S1(=O)CC/C(=N\Nc2ccc(Cl)c(Cl)c2)c2ccsc21. The molecular formula is C13H10Cl2N2O2S2. The first kappa shape index (κ1) is 14.8. The van der Waals surface area contributed by atoms with Gasteiger partial charge < -0.3 is 0 Å². The Balaban J connectivity index is 1.90. The maximum absolute atomic E-state index is 11.9. The van der Waals surface area contributed by atoms with E-state index in [0.29, 0.717) is 31.9 Å². The molecule has 0 saturated carbocycles. The monoisotopic (exact) mass is 360 g/mol. The quantitative estimate of drug-likeness (QED) is 0.821. The third-order valence-corrected chi connectivity index (χ3v) is 7.09. The van der Waals surface area contributed by atoms with Crippen LogP contribution in [-0.4, -0.2) is 19.9 Å². The minimum Gasteiger partial charge on any atom is -0.278 e. The Hall–Kier alpha value is -1.08. The maximum Gasteiger partial charge on any atom is 0.188 e. The normalized spacial score (nSPS) is 18.5. The van der Waals surface area contributed by atoms with Gasteiger partial charge in [-0.1, -0.05) is 23.2 Å². The summed E-state index contributed by atoms with van der Waals surface area (Å²) in [7, 11) is -3.16. The first-order valence-electron chi connectivity index (χ1n) is 6.05. The Labute approximate surface area is 136 Å². The van der Waals surface area contributed by atoms with E-state index in [1.807, 2.05) is 0 Å². The molecule has 1 aliphatic rings. The number of fused-ring (bicyclic) bond motifs is 1. The molecule has 8 heteroatoms. The molecule has 1 aliphatic heterocycles. The van der Waals surface area contributed by atoms with Gasteiger partial charge in [-0.15, -0.1) is 11.3 Å². The van der Waals surface area contributed by atoms with Crippen molar-refractivity contribution in [3.05, 3.63) is 45.3 Å². The zero-order valence-electron chi connectivity index (χ0n) is 10.6. The number of halogens is 2. The highest BCUT2D eigenvalue weighted by molar-refractivity contribution is 7.93. The van der Waals surface area contributed by atoms with Crippen LogP contribution in [0.3, 0.4) is 0 Å². The molecule has 0 unspecified atom stereocenters. The summed E-state index contributed by atoms with van der Waals surface area (Å²) in [6, 6.07) is 6.88. The predicted octanol–water partition coefficient (Wildman–Crippen LogP) is 4.05. The van der Waals surface area contributed by atoms with Gasteiger partial charge in [-0.05, 0) is 29.6 Å².